The summed E-state index contributed by atoms with van der Waals surface area (Å²) in [5.41, 5.74) is 5.37. The summed E-state index contributed by atoms with van der Waals surface area (Å²) >= 11 is 0. The molecule has 4 nitrogen and oxygen atoms in total. The molecule has 0 saturated carbocycles. The van der Waals surface area contributed by atoms with Gasteiger partial charge in [0.05, 0.1) is 0 Å². The van der Waals surface area contributed by atoms with Crippen LogP contribution in [0.1, 0.15) is 13.3 Å². The van der Waals surface area contributed by atoms with Gasteiger partial charge in [0, 0.05) is 12.6 Å². The van der Waals surface area contributed by atoms with Gasteiger partial charge in [-0.25, -0.2) is 8.42 Å². The Morgan fingerprint density at radius 3 is 2.50 bits per heavy atom. The second-order valence-electron chi connectivity index (χ2n) is 3.56. The van der Waals surface area contributed by atoms with Crippen LogP contribution < -0.4 is 5.73 Å². The van der Waals surface area contributed by atoms with Crippen LogP contribution in [0.25, 0.3) is 0 Å². The summed E-state index contributed by atoms with van der Waals surface area (Å²) in [6.07, 6.45) is 0.558. The molecule has 0 bridgehead atoms. The molecule has 1 rings (SSSR count). The van der Waals surface area contributed by atoms with E-state index in [9.17, 15) is 17.2 Å². The molecule has 14 heavy (non-hydrogen) atoms. The average molecular weight is 228 g/mol. The normalized spacial score (nSPS) is 30.1. The number of nitrogens with zero attached hydrogens (tertiary/aromatic N) is 1. The van der Waals surface area contributed by atoms with Crippen LogP contribution in [0.2, 0.25) is 0 Å². The molecule has 2 unspecified atom stereocenters. The van der Waals surface area contributed by atoms with Crippen molar-refractivity contribution in [1.29, 1.82) is 0 Å². The minimum atomic E-state index is -4.42. The molecule has 2 atom stereocenters. The average Bonchev–Trinajstić information content (AvgIpc) is 2.47. The molecule has 0 aliphatic carbocycles. The molecule has 1 saturated heterocycles. The van der Waals surface area contributed by atoms with Crippen molar-refractivity contribution < 1.29 is 17.2 Å². The third kappa shape index (κ3) is 2.04. The highest BCUT2D eigenvalue weighted by Gasteiger charge is 2.41. The van der Waals surface area contributed by atoms with Crippen LogP contribution in [0.4, 0.5) is 8.78 Å². The number of rotatable bonds is 3. The van der Waals surface area contributed by atoms with E-state index < -0.39 is 15.8 Å². The molecular weight excluding hydrogens is 214 g/mol. The van der Waals surface area contributed by atoms with Crippen molar-refractivity contribution in [3.8, 4) is 0 Å². The van der Waals surface area contributed by atoms with E-state index >= 15 is 0 Å². The summed E-state index contributed by atoms with van der Waals surface area (Å²) in [6.45, 7) is 2.07. The van der Waals surface area contributed by atoms with Crippen LogP contribution in [-0.2, 0) is 10.0 Å². The quantitative estimate of drug-likeness (QED) is 0.751. The first-order chi connectivity index (χ1) is 6.39. The summed E-state index contributed by atoms with van der Waals surface area (Å²) in [5.74, 6) is -3.33. The van der Waals surface area contributed by atoms with Crippen LogP contribution >= 0.6 is 0 Å². The van der Waals surface area contributed by atoms with Crippen LogP contribution in [-0.4, -0.2) is 37.6 Å². The van der Waals surface area contributed by atoms with E-state index in [1.54, 1.807) is 6.92 Å². The molecular formula is C7H14F2N2O2S. The Labute approximate surface area is 82.1 Å². The largest absolute Gasteiger partial charge is 0.350 e. The number of halogens is 2. The smallest absolute Gasteiger partial charge is 0.330 e. The van der Waals surface area contributed by atoms with Crippen molar-refractivity contribution in [2.45, 2.75) is 25.1 Å². The number of sulfonamides is 1. The Hall–Kier alpha value is -0.270. The summed E-state index contributed by atoms with van der Waals surface area (Å²) in [6, 6.07) is -0.373. The summed E-state index contributed by atoms with van der Waals surface area (Å²) in [7, 11) is -4.42. The van der Waals surface area contributed by atoms with Gasteiger partial charge in [0.1, 0.15) is 0 Å². The van der Waals surface area contributed by atoms with Gasteiger partial charge in [0.25, 0.3) is 10.0 Å². The Morgan fingerprint density at radius 2 is 2.14 bits per heavy atom. The molecule has 2 N–H and O–H groups in total. The van der Waals surface area contributed by atoms with E-state index in [0.717, 1.165) is 4.31 Å². The molecule has 1 aliphatic rings. The predicted octanol–water partition coefficient (Wildman–Crippen LogP) is 0.208. The van der Waals surface area contributed by atoms with E-state index in [4.69, 9.17) is 5.73 Å². The van der Waals surface area contributed by atoms with Gasteiger partial charge in [0.2, 0.25) is 0 Å². The molecule has 1 aliphatic heterocycles. The van der Waals surface area contributed by atoms with Gasteiger partial charge in [-0.3, -0.25) is 0 Å². The molecule has 0 radical (unpaired) electrons. The first-order valence-corrected chi connectivity index (χ1v) is 5.88. The molecule has 0 aromatic heterocycles. The zero-order valence-corrected chi connectivity index (χ0v) is 8.68. The molecule has 0 amide bonds. The van der Waals surface area contributed by atoms with Crippen LogP contribution in [0.5, 0.6) is 0 Å². The third-order valence-electron chi connectivity index (χ3n) is 2.49. The van der Waals surface area contributed by atoms with E-state index in [1.165, 1.54) is 0 Å². The van der Waals surface area contributed by atoms with Gasteiger partial charge < -0.3 is 5.73 Å². The summed E-state index contributed by atoms with van der Waals surface area (Å²) in [4.78, 5) is 0. The van der Waals surface area contributed by atoms with E-state index in [2.05, 4.69) is 0 Å². The van der Waals surface area contributed by atoms with Gasteiger partial charge in [-0.1, -0.05) is 0 Å². The van der Waals surface area contributed by atoms with Crippen molar-refractivity contribution in [3.05, 3.63) is 0 Å². The van der Waals surface area contributed by atoms with Crippen molar-refractivity contribution >= 4 is 10.0 Å². The van der Waals surface area contributed by atoms with E-state index in [0.29, 0.717) is 13.0 Å². The summed E-state index contributed by atoms with van der Waals surface area (Å²) < 4.78 is 47.6. The van der Waals surface area contributed by atoms with Crippen molar-refractivity contribution in [2.75, 3.05) is 13.1 Å². The standard InChI is InChI=1S/C7H14F2N2O2S/c1-5-2-6(3-10)4-11(5)14(12,13)7(8)9/h5-7H,2-4,10H2,1H3. The van der Waals surface area contributed by atoms with Gasteiger partial charge in [-0.2, -0.15) is 13.1 Å². The lowest BCUT2D eigenvalue weighted by atomic mass is 10.1. The molecule has 1 fully saturated rings. The van der Waals surface area contributed by atoms with Crippen LogP contribution in [0.3, 0.4) is 0 Å². The number of hydrogen-bond acceptors (Lipinski definition) is 3. The SMILES string of the molecule is CC1CC(CN)CN1S(=O)(=O)C(F)F. The maximum absolute atomic E-state index is 12.2. The first-order valence-electron chi connectivity index (χ1n) is 4.38. The van der Waals surface area contributed by atoms with Crippen molar-refractivity contribution in [3.63, 3.8) is 0 Å². The maximum Gasteiger partial charge on any atom is 0.350 e. The van der Waals surface area contributed by atoms with Gasteiger partial charge >= 0.3 is 5.76 Å². The highest BCUT2D eigenvalue weighted by atomic mass is 32.2. The molecule has 0 aromatic rings. The minimum Gasteiger partial charge on any atom is -0.330 e. The molecule has 1 heterocycles. The number of nitrogens with two attached hydrogens (primary N) is 1. The Balaban J connectivity index is 2.80. The van der Waals surface area contributed by atoms with Gasteiger partial charge in [-0.05, 0) is 25.8 Å². The van der Waals surface area contributed by atoms with Crippen molar-refractivity contribution in [1.82, 2.24) is 4.31 Å². The highest BCUT2D eigenvalue weighted by molar-refractivity contribution is 7.89. The molecule has 7 heteroatoms. The minimum absolute atomic E-state index is 0.00137. The molecule has 84 valence electrons. The fraction of sp³-hybridized carbons (Fsp3) is 1.00. The fourth-order valence-corrected chi connectivity index (χ4v) is 2.95. The third-order valence-corrected chi connectivity index (χ3v) is 4.10. The fourth-order valence-electron chi connectivity index (χ4n) is 1.74. The number of hydrogen-bond donors (Lipinski definition) is 1. The second kappa shape index (κ2) is 4.08. The number of alkyl halides is 2. The lowest BCUT2D eigenvalue weighted by molar-refractivity contribution is 0.217. The predicted molar refractivity (Wildman–Crippen MR) is 48.3 cm³/mol. The Kier molecular flexibility index (Phi) is 3.44. The van der Waals surface area contributed by atoms with E-state index in [-0.39, 0.29) is 18.5 Å². The first kappa shape index (κ1) is 11.8. The van der Waals surface area contributed by atoms with Crippen LogP contribution in [0, 0.1) is 5.92 Å². The second-order valence-corrected chi connectivity index (χ2v) is 5.42. The zero-order valence-electron chi connectivity index (χ0n) is 7.86. The van der Waals surface area contributed by atoms with Crippen LogP contribution in [0.15, 0.2) is 0 Å². The monoisotopic (exact) mass is 228 g/mol. The highest BCUT2D eigenvalue weighted by Crippen LogP contribution is 2.27. The van der Waals surface area contributed by atoms with Gasteiger partial charge in [0.15, 0.2) is 0 Å². The van der Waals surface area contributed by atoms with Gasteiger partial charge in [-0.15, -0.1) is 0 Å². The topological polar surface area (TPSA) is 63.4 Å². The lowest BCUT2D eigenvalue weighted by Crippen LogP contribution is -2.38. The lowest BCUT2D eigenvalue weighted by Gasteiger charge is -2.19. The van der Waals surface area contributed by atoms with Crippen molar-refractivity contribution in [2.24, 2.45) is 11.7 Å². The Bertz CT molecular complexity index is 294. The zero-order chi connectivity index (χ0) is 10.9. The van der Waals surface area contributed by atoms with E-state index in [1.807, 2.05) is 0 Å². The molecule has 0 aromatic carbocycles. The Morgan fingerprint density at radius 1 is 1.57 bits per heavy atom. The summed E-state index contributed by atoms with van der Waals surface area (Å²) in [5, 5.41) is 0. The maximum atomic E-state index is 12.2. The molecule has 0 spiro atoms.